The van der Waals surface area contributed by atoms with Crippen LogP contribution >= 0.6 is 0 Å². The van der Waals surface area contributed by atoms with Gasteiger partial charge in [0.1, 0.15) is 0 Å². The number of rotatable bonds is 0. The molecule has 0 spiro atoms. The zero-order chi connectivity index (χ0) is 6.55. The van der Waals surface area contributed by atoms with Crippen molar-refractivity contribution in [1.82, 2.24) is 5.32 Å². The highest BCUT2D eigenvalue weighted by atomic mass is 15.0. The van der Waals surface area contributed by atoms with Crippen molar-refractivity contribution in [3.8, 4) is 0 Å². The van der Waals surface area contributed by atoms with Crippen molar-refractivity contribution in [2.45, 2.75) is 44.2 Å². The van der Waals surface area contributed by atoms with Gasteiger partial charge in [0.15, 0.2) is 0 Å². The minimum absolute atomic E-state index is 0.919. The molecule has 1 nitrogen and oxygen atoms in total. The van der Waals surface area contributed by atoms with E-state index in [2.05, 4.69) is 5.32 Å². The first kappa shape index (κ1) is 5.59. The predicted molar refractivity (Wildman–Crippen MR) is 40.8 cm³/mol. The molecule has 0 aromatic carbocycles. The minimum atomic E-state index is 0.919. The van der Waals surface area contributed by atoms with Gasteiger partial charge >= 0.3 is 0 Å². The van der Waals surface area contributed by atoms with Gasteiger partial charge in [-0.3, -0.25) is 0 Å². The van der Waals surface area contributed by atoms with E-state index < -0.39 is 0 Å². The van der Waals surface area contributed by atoms with Gasteiger partial charge in [0.25, 0.3) is 0 Å². The Bertz CT molecular complexity index is 155. The fourth-order valence-electron chi connectivity index (χ4n) is 2.98. The summed E-state index contributed by atoms with van der Waals surface area (Å²) in [6, 6.07) is 1.86. The van der Waals surface area contributed by atoms with Gasteiger partial charge < -0.3 is 5.32 Å². The fourth-order valence-corrected chi connectivity index (χ4v) is 2.98. The summed E-state index contributed by atoms with van der Waals surface area (Å²) in [5.41, 5.74) is 0. The molecule has 0 amide bonds. The zero-order valence-corrected chi connectivity index (χ0v) is 6.34. The van der Waals surface area contributed by atoms with Gasteiger partial charge in [-0.2, -0.15) is 0 Å². The van der Waals surface area contributed by atoms with E-state index >= 15 is 0 Å². The third-order valence-corrected chi connectivity index (χ3v) is 3.60. The molecular formula is C9H15N. The summed E-state index contributed by atoms with van der Waals surface area (Å²) in [7, 11) is 0. The van der Waals surface area contributed by atoms with E-state index in [1.807, 2.05) is 0 Å². The maximum Gasteiger partial charge on any atom is 0.0101 e. The van der Waals surface area contributed by atoms with Gasteiger partial charge in [-0.15, -0.1) is 0 Å². The van der Waals surface area contributed by atoms with Crippen LogP contribution < -0.4 is 5.32 Å². The van der Waals surface area contributed by atoms with Crippen LogP contribution in [0.25, 0.3) is 0 Å². The van der Waals surface area contributed by atoms with Crippen molar-refractivity contribution >= 4 is 0 Å². The Morgan fingerprint density at radius 2 is 2.10 bits per heavy atom. The van der Waals surface area contributed by atoms with Crippen LogP contribution in [0.2, 0.25) is 0 Å². The second-order valence-electron chi connectivity index (χ2n) is 4.30. The molecule has 2 heterocycles. The lowest BCUT2D eigenvalue weighted by Crippen LogP contribution is -2.47. The van der Waals surface area contributed by atoms with E-state index in [0.717, 1.165) is 23.9 Å². The van der Waals surface area contributed by atoms with Crippen LogP contribution in [0.5, 0.6) is 0 Å². The Kier molecular flexibility index (Phi) is 0.984. The van der Waals surface area contributed by atoms with Gasteiger partial charge in [0.05, 0.1) is 0 Å². The highest BCUT2D eigenvalue weighted by Crippen LogP contribution is 2.50. The largest absolute Gasteiger partial charge is 0.311 e. The standard InChI is InChI=1S/C9H15N/c1-2-7-4-6-5-8(6)9(3-1)10-7/h6-10H,1-5H2. The molecule has 1 heteroatoms. The number of piperidine rings is 2. The van der Waals surface area contributed by atoms with Crippen LogP contribution in [0.1, 0.15) is 32.1 Å². The van der Waals surface area contributed by atoms with Crippen molar-refractivity contribution in [2.75, 3.05) is 0 Å². The summed E-state index contributed by atoms with van der Waals surface area (Å²) in [6.45, 7) is 0. The lowest BCUT2D eigenvalue weighted by Gasteiger charge is -2.35. The van der Waals surface area contributed by atoms with Crippen molar-refractivity contribution in [1.29, 1.82) is 0 Å². The summed E-state index contributed by atoms with van der Waals surface area (Å²) in [4.78, 5) is 0. The van der Waals surface area contributed by atoms with E-state index in [1.165, 1.54) is 25.7 Å². The van der Waals surface area contributed by atoms with Gasteiger partial charge in [0.2, 0.25) is 0 Å². The SMILES string of the molecule is C1CC2CC3CC3C(C1)N2. The molecule has 2 saturated heterocycles. The molecule has 4 unspecified atom stereocenters. The molecule has 3 fully saturated rings. The second kappa shape index (κ2) is 1.76. The first-order valence-corrected chi connectivity index (χ1v) is 4.69. The van der Waals surface area contributed by atoms with E-state index in [-0.39, 0.29) is 0 Å². The topological polar surface area (TPSA) is 12.0 Å². The third-order valence-electron chi connectivity index (χ3n) is 3.60. The summed E-state index contributed by atoms with van der Waals surface area (Å²) >= 11 is 0. The first-order valence-electron chi connectivity index (χ1n) is 4.69. The zero-order valence-electron chi connectivity index (χ0n) is 6.34. The van der Waals surface area contributed by atoms with Crippen molar-refractivity contribution in [2.24, 2.45) is 11.8 Å². The fraction of sp³-hybridized carbons (Fsp3) is 1.00. The Morgan fingerprint density at radius 1 is 1.10 bits per heavy atom. The molecule has 56 valence electrons. The number of hydrogen-bond acceptors (Lipinski definition) is 1. The Balaban J connectivity index is 1.82. The molecule has 0 radical (unpaired) electrons. The summed E-state index contributed by atoms with van der Waals surface area (Å²) in [6.07, 6.45) is 7.47. The molecule has 1 N–H and O–H groups in total. The maximum absolute atomic E-state index is 3.74. The molecule has 0 aromatic heterocycles. The molecule has 3 rings (SSSR count). The lowest BCUT2D eigenvalue weighted by molar-refractivity contribution is 0.231. The second-order valence-corrected chi connectivity index (χ2v) is 4.30. The average molecular weight is 137 g/mol. The maximum atomic E-state index is 3.74. The molecule has 1 saturated carbocycles. The minimum Gasteiger partial charge on any atom is -0.311 e. The van der Waals surface area contributed by atoms with E-state index in [0.29, 0.717) is 0 Å². The van der Waals surface area contributed by atoms with Crippen LogP contribution in [-0.2, 0) is 0 Å². The first-order chi connectivity index (χ1) is 4.93. The third kappa shape index (κ3) is 0.672. The average Bonchev–Trinajstić information content (AvgIpc) is 2.68. The molecule has 3 aliphatic rings. The molecule has 2 bridgehead atoms. The molecule has 1 aliphatic carbocycles. The highest BCUT2D eigenvalue weighted by molar-refractivity contribution is 5.03. The van der Waals surface area contributed by atoms with Gasteiger partial charge in [-0.1, -0.05) is 6.42 Å². The molecule has 4 atom stereocenters. The van der Waals surface area contributed by atoms with Crippen molar-refractivity contribution in [3.05, 3.63) is 0 Å². The normalized spacial score (nSPS) is 57.6. The number of hydrogen-bond donors (Lipinski definition) is 1. The van der Waals surface area contributed by atoms with Gasteiger partial charge in [-0.25, -0.2) is 0 Å². The van der Waals surface area contributed by atoms with E-state index in [4.69, 9.17) is 0 Å². The summed E-state index contributed by atoms with van der Waals surface area (Å²) < 4.78 is 0. The van der Waals surface area contributed by atoms with Crippen LogP contribution in [-0.4, -0.2) is 12.1 Å². The van der Waals surface area contributed by atoms with Crippen LogP contribution in [0, 0.1) is 11.8 Å². The van der Waals surface area contributed by atoms with E-state index in [9.17, 15) is 0 Å². The van der Waals surface area contributed by atoms with Crippen LogP contribution in [0.4, 0.5) is 0 Å². The Hall–Kier alpha value is -0.0400. The monoisotopic (exact) mass is 137 g/mol. The van der Waals surface area contributed by atoms with Crippen molar-refractivity contribution < 1.29 is 0 Å². The number of fused-ring (bicyclic) bond motifs is 4. The smallest absolute Gasteiger partial charge is 0.0101 e. The Morgan fingerprint density at radius 3 is 3.10 bits per heavy atom. The quantitative estimate of drug-likeness (QED) is 0.534. The van der Waals surface area contributed by atoms with Gasteiger partial charge in [-0.05, 0) is 37.5 Å². The van der Waals surface area contributed by atoms with Gasteiger partial charge in [0, 0.05) is 12.1 Å². The summed E-state index contributed by atoms with van der Waals surface area (Å²) in [5, 5.41) is 3.74. The summed E-state index contributed by atoms with van der Waals surface area (Å²) in [5.74, 6) is 2.26. The lowest BCUT2D eigenvalue weighted by atomic mass is 9.87. The molecule has 2 aliphatic heterocycles. The molecular weight excluding hydrogens is 122 g/mol. The highest BCUT2D eigenvalue weighted by Gasteiger charge is 2.48. The van der Waals surface area contributed by atoms with E-state index in [1.54, 1.807) is 6.42 Å². The Labute approximate surface area is 62.2 Å². The number of nitrogens with one attached hydrogen (secondary N) is 1. The van der Waals surface area contributed by atoms with Crippen LogP contribution in [0.3, 0.4) is 0 Å². The van der Waals surface area contributed by atoms with Crippen LogP contribution in [0.15, 0.2) is 0 Å². The molecule has 0 aromatic rings. The van der Waals surface area contributed by atoms with Crippen molar-refractivity contribution in [3.63, 3.8) is 0 Å². The molecule has 10 heavy (non-hydrogen) atoms. The predicted octanol–water partition coefficient (Wildman–Crippen LogP) is 1.54.